The van der Waals surface area contributed by atoms with Crippen LogP contribution in [0.5, 0.6) is 0 Å². The molecule has 2 N–H and O–H groups in total. The molecular weight excluding hydrogens is 220 g/mol. The smallest absolute Gasteiger partial charge is 0.228 e. The summed E-state index contributed by atoms with van der Waals surface area (Å²) in [5.41, 5.74) is 0.856. The maximum absolute atomic E-state index is 10.9. The first-order valence-corrected chi connectivity index (χ1v) is 5.65. The molecule has 0 fully saturated rings. The quantitative estimate of drug-likeness (QED) is 0.618. The molecule has 0 aliphatic carbocycles. The second-order valence-electron chi connectivity index (χ2n) is 2.60. The summed E-state index contributed by atoms with van der Waals surface area (Å²) in [5.74, 6) is 0. The molecule has 0 aliphatic heterocycles. The van der Waals surface area contributed by atoms with Crippen molar-refractivity contribution in [3.05, 3.63) is 29.8 Å². The Morgan fingerprint density at radius 1 is 1.36 bits per heavy atom. The van der Waals surface area contributed by atoms with Gasteiger partial charge < -0.3 is 0 Å². The second-order valence-corrected chi connectivity index (χ2v) is 4.34. The van der Waals surface area contributed by atoms with Crippen molar-refractivity contribution in [2.24, 2.45) is 10.1 Å². The third kappa shape index (κ3) is 3.01. The number of isothiocyanates is 1. The van der Waals surface area contributed by atoms with Crippen LogP contribution in [0, 0.1) is 0 Å². The van der Waals surface area contributed by atoms with Gasteiger partial charge in [0.1, 0.15) is 0 Å². The van der Waals surface area contributed by atoms with E-state index < -0.39 is 10.0 Å². The van der Waals surface area contributed by atoms with Crippen molar-refractivity contribution in [2.75, 3.05) is 0 Å². The summed E-state index contributed by atoms with van der Waals surface area (Å²) in [4.78, 5) is 3.81. The molecule has 0 saturated carbocycles. The van der Waals surface area contributed by atoms with Crippen LogP contribution in [-0.4, -0.2) is 13.6 Å². The molecule has 1 aromatic carbocycles. The number of primary sulfonamides is 1. The number of sulfonamides is 1. The van der Waals surface area contributed by atoms with Gasteiger partial charge in [0.2, 0.25) is 10.0 Å². The van der Waals surface area contributed by atoms with Crippen LogP contribution in [0.1, 0.15) is 5.56 Å². The van der Waals surface area contributed by atoms with Crippen LogP contribution in [0.2, 0.25) is 0 Å². The zero-order valence-corrected chi connectivity index (χ0v) is 8.81. The number of hydrogen-bond acceptors (Lipinski definition) is 4. The van der Waals surface area contributed by atoms with Crippen LogP contribution in [0.3, 0.4) is 0 Å². The number of aliphatic imine (C=N–C) groups is 1. The standard InChI is InChI=1S/C8H8N2O2S2/c9-14(11,12)8-3-1-7(2-4-8)5-10-6-13/h1-4H,5H2,(H2,9,11,12). The largest absolute Gasteiger partial charge is 0.238 e. The number of benzene rings is 1. The van der Waals surface area contributed by atoms with Crippen molar-refractivity contribution in [3.63, 3.8) is 0 Å². The normalized spacial score (nSPS) is 10.6. The summed E-state index contributed by atoms with van der Waals surface area (Å²) in [6.07, 6.45) is 0. The Kier molecular flexibility index (Phi) is 3.49. The highest BCUT2D eigenvalue weighted by Gasteiger charge is 2.05. The van der Waals surface area contributed by atoms with Gasteiger partial charge in [-0.1, -0.05) is 12.1 Å². The Hall–Kier alpha value is -1.07. The van der Waals surface area contributed by atoms with E-state index in [2.05, 4.69) is 22.4 Å². The van der Waals surface area contributed by atoms with Crippen molar-refractivity contribution in [2.45, 2.75) is 11.4 Å². The molecule has 0 spiro atoms. The number of nitrogens with two attached hydrogens (primary N) is 1. The molecule has 0 heterocycles. The minimum Gasteiger partial charge on any atom is -0.228 e. The SMILES string of the molecule is NS(=O)(=O)c1ccc(CN=C=S)cc1. The van der Waals surface area contributed by atoms with Gasteiger partial charge in [-0.05, 0) is 29.9 Å². The van der Waals surface area contributed by atoms with Crippen molar-refractivity contribution in [3.8, 4) is 0 Å². The highest BCUT2D eigenvalue weighted by molar-refractivity contribution is 7.89. The summed E-state index contributed by atoms with van der Waals surface area (Å²) in [7, 11) is -3.61. The number of nitrogens with zero attached hydrogens (tertiary/aromatic N) is 1. The number of thiocarbonyl (C=S) groups is 1. The fraction of sp³-hybridized carbons (Fsp3) is 0.125. The molecule has 1 aromatic rings. The van der Waals surface area contributed by atoms with Crippen LogP contribution in [-0.2, 0) is 16.6 Å². The third-order valence-corrected chi connectivity index (χ3v) is 2.64. The van der Waals surface area contributed by atoms with Crippen molar-refractivity contribution < 1.29 is 8.42 Å². The Morgan fingerprint density at radius 2 is 1.93 bits per heavy atom. The minimum atomic E-state index is -3.61. The topological polar surface area (TPSA) is 72.5 Å². The van der Waals surface area contributed by atoms with Gasteiger partial charge >= 0.3 is 0 Å². The van der Waals surface area contributed by atoms with Gasteiger partial charge in [-0.15, -0.1) is 0 Å². The van der Waals surface area contributed by atoms with E-state index in [9.17, 15) is 8.42 Å². The maximum atomic E-state index is 10.9. The molecule has 0 saturated heterocycles. The van der Waals surface area contributed by atoms with E-state index in [1.807, 2.05) is 0 Å². The summed E-state index contributed by atoms with van der Waals surface area (Å²) >= 11 is 4.40. The first kappa shape index (κ1) is 11.0. The van der Waals surface area contributed by atoms with Crippen LogP contribution in [0.15, 0.2) is 34.2 Å². The molecule has 6 heteroatoms. The number of rotatable bonds is 3. The molecule has 0 unspecified atom stereocenters. The van der Waals surface area contributed by atoms with Gasteiger partial charge in [0, 0.05) is 0 Å². The first-order chi connectivity index (χ1) is 6.54. The van der Waals surface area contributed by atoms with Gasteiger partial charge in [-0.25, -0.2) is 18.5 Å². The Balaban J connectivity index is 2.95. The Labute approximate surface area is 87.5 Å². The molecule has 1 rings (SSSR count). The lowest BCUT2D eigenvalue weighted by atomic mass is 10.2. The second kappa shape index (κ2) is 4.43. The third-order valence-electron chi connectivity index (χ3n) is 1.58. The van der Waals surface area contributed by atoms with Gasteiger partial charge in [-0.2, -0.15) is 0 Å². The molecular formula is C8H8N2O2S2. The molecule has 0 aromatic heterocycles. The maximum Gasteiger partial charge on any atom is 0.238 e. The lowest BCUT2D eigenvalue weighted by Crippen LogP contribution is -2.11. The van der Waals surface area contributed by atoms with E-state index >= 15 is 0 Å². The Bertz CT molecular complexity index is 459. The lowest BCUT2D eigenvalue weighted by molar-refractivity contribution is 0.598. The summed E-state index contributed by atoms with van der Waals surface area (Å²) in [6, 6.07) is 6.14. The Morgan fingerprint density at radius 3 is 2.36 bits per heavy atom. The molecule has 0 amide bonds. The zero-order valence-electron chi connectivity index (χ0n) is 7.17. The zero-order chi connectivity index (χ0) is 10.6. The van der Waals surface area contributed by atoms with Crippen molar-refractivity contribution >= 4 is 27.4 Å². The average Bonchev–Trinajstić information content (AvgIpc) is 2.14. The minimum absolute atomic E-state index is 0.0904. The molecule has 0 radical (unpaired) electrons. The monoisotopic (exact) mass is 228 g/mol. The van der Waals surface area contributed by atoms with Crippen LogP contribution in [0.4, 0.5) is 0 Å². The average molecular weight is 228 g/mol. The molecule has 0 bridgehead atoms. The van der Waals surface area contributed by atoms with E-state index in [1.165, 1.54) is 12.1 Å². The highest BCUT2D eigenvalue weighted by atomic mass is 32.2. The summed E-state index contributed by atoms with van der Waals surface area (Å²) in [6.45, 7) is 0.397. The van der Waals surface area contributed by atoms with Crippen LogP contribution >= 0.6 is 12.2 Å². The predicted octanol–water partition coefficient (Wildman–Crippen LogP) is 0.937. The fourth-order valence-electron chi connectivity index (χ4n) is 0.908. The van der Waals surface area contributed by atoms with Crippen molar-refractivity contribution in [1.82, 2.24) is 0 Å². The summed E-state index contributed by atoms with van der Waals surface area (Å²) < 4.78 is 21.8. The molecule has 4 nitrogen and oxygen atoms in total. The van der Waals surface area contributed by atoms with Crippen molar-refractivity contribution in [1.29, 1.82) is 0 Å². The predicted molar refractivity (Wildman–Crippen MR) is 56.5 cm³/mol. The molecule has 14 heavy (non-hydrogen) atoms. The molecule has 0 aliphatic rings. The van der Waals surface area contributed by atoms with E-state index in [4.69, 9.17) is 5.14 Å². The number of hydrogen-bond donors (Lipinski definition) is 1. The van der Waals surface area contributed by atoms with Crippen LogP contribution in [0.25, 0.3) is 0 Å². The van der Waals surface area contributed by atoms with Gasteiger partial charge in [0.25, 0.3) is 0 Å². The highest BCUT2D eigenvalue weighted by Crippen LogP contribution is 2.09. The van der Waals surface area contributed by atoms with Gasteiger partial charge in [0.05, 0.1) is 16.6 Å². The summed E-state index contributed by atoms with van der Waals surface area (Å²) in [5, 5.41) is 7.15. The van der Waals surface area contributed by atoms with E-state index in [1.54, 1.807) is 12.1 Å². The van der Waals surface area contributed by atoms with Gasteiger partial charge in [0.15, 0.2) is 0 Å². The van der Waals surface area contributed by atoms with Gasteiger partial charge in [-0.3, -0.25) is 0 Å². The lowest BCUT2D eigenvalue weighted by Gasteiger charge is -1.98. The molecule has 74 valence electrons. The first-order valence-electron chi connectivity index (χ1n) is 3.69. The van der Waals surface area contributed by atoms with Crippen LogP contribution < -0.4 is 5.14 Å². The van der Waals surface area contributed by atoms with E-state index in [0.29, 0.717) is 6.54 Å². The molecule has 0 atom stereocenters. The fourth-order valence-corrected chi connectivity index (χ4v) is 1.49. The van der Waals surface area contributed by atoms with E-state index in [-0.39, 0.29) is 4.90 Å². The van der Waals surface area contributed by atoms with E-state index in [0.717, 1.165) is 5.56 Å².